The van der Waals surface area contributed by atoms with Gasteiger partial charge in [-0.3, -0.25) is 24.1 Å². The molecule has 31 heavy (non-hydrogen) atoms. The van der Waals surface area contributed by atoms with E-state index in [9.17, 15) is 19.2 Å². The molecule has 8 heteroatoms. The Hall–Kier alpha value is -3.19. The molecule has 1 N–H and O–H groups in total. The lowest BCUT2D eigenvalue weighted by molar-refractivity contribution is -0.132. The van der Waals surface area contributed by atoms with Gasteiger partial charge in [0.15, 0.2) is 0 Å². The summed E-state index contributed by atoms with van der Waals surface area (Å²) < 4.78 is 0. The molecule has 2 aliphatic rings. The number of rotatable bonds is 5. The standard InChI is InChI=1S/C23H22ClN3O4/c24-16-7-5-15(6-8-16)21(29)25-17-9-12-26(13-10-17)20(28)11-14-27-22(30)18-3-1-2-4-19(18)23(27)31/h1-8,17H,9-14H2,(H,25,29). The van der Waals surface area contributed by atoms with Gasteiger partial charge >= 0.3 is 0 Å². The van der Waals surface area contributed by atoms with Gasteiger partial charge in [-0.2, -0.15) is 0 Å². The van der Waals surface area contributed by atoms with E-state index in [4.69, 9.17) is 11.6 Å². The van der Waals surface area contributed by atoms with Crippen LogP contribution in [0.3, 0.4) is 0 Å². The molecule has 2 heterocycles. The third kappa shape index (κ3) is 4.46. The topological polar surface area (TPSA) is 86.8 Å². The van der Waals surface area contributed by atoms with Crippen molar-refractivity contribution in [1.29, 1.82) is 0 Å². The van der Waals surface area contributed by atoms with E-state index in [0.717, 1.165) is 4.90 Å². The van der Waals surface area contributed by atoms with Crippen molar-refractivity contribution in [3.05, 3.63) is 70.2 Å². The predicted molar refractivity (Wildman–Crippen MR) is 115 cm³/mol. The Morgan fingerprint density at radius 2 is 1.52 bits per heavy atom. The summed E-state index contributed by atoms with van der Waals surface area (Å²) in [5, 5.41) is 3.57. The maximum absolute atomic E-state index is 12.6. The minimum Gasteiger partial charge on any atom is -0.349 e. The van der Waals surface area contributed by atoms with Crippen molar-refractivity contribution >= 4 is 35.2 Å². The molecule has 2 aromatic rings. The Morgan fingerprint density at radius 1 is 0.935 bits per heavy atom. The number of nitrogens with zero attached hydrogens (tertiary/aromatic N) is 2. The van der Waals surface area contributed by atoms with Gasteiger partial charge in [0.1, 0.15) is 0 Å². The second kappa shape index (κ2) is 8.89. The van der Waals surface area contributed by atoms with Crippen LogP contribution in [0.5, 0.6) is 0 Å². The summed E-state index contributed by atoms with van der Waals surface area (Å²) >= 11 is 5.85. The molecule has 160 valence electrons. The monoisotopic (exact) mass is 439 g/mol. The number of halogens is 1. The van der Waals surface area contributed by atoms with Crippen LogP contribution in [0.4, 0.5) is 0 Å². The summed E-state index contributed by atoms with van der Waals surface area (Å²) in [5.41, 5.74) is 1.32. The number of carbonyl (C=O) groups is 4. The van der Waals surface area contributed by atoms with Gasteiger partial charge in [0.05, 0.1) is 11.1 Å². The van der Waals surface area contributed by atoms with Crippen LogP contribution in [0, 0.1) is 0 Å². The van der Waals surface area contributed by atoms with Crippen molar-refractivity contribution in [2.75, 3.05) is 19.6 Å². The van der Waals surface area contributed by atoms with Gasteiger partial charge in [-0.1, -0.05) is 23.7 Å². The van der Waals surface area contributed by atoms with Crippen LogP contribution in [0.25, 0.3) is 0 Å². The molecule has 4 rings (SSSR count). The summed E-state index contributed by atoms with van der Waals surface area (Å²) in [5.74, 6) is -0.958. The zero-order valence-corrected chi connectivity index (χ0v) is 17.6. The van der Waals surface area contributed by atoms with Crippen molar-refractivity contribution in [1.82, 2.24) is 15.1 Å². The Kier molecular flexibility index (Phi) is 6.04. The number of hydrogen-bond donors (Lipinski definition) is 1. The second-order valence-corrected chi connectivity index (χ2v) is 8.13. The van der Waals surface area contributed by atoms with Gasteiger partial charge < -0.3 is 10.2 Å². The van der Waals surface area contributed by atoms with E-state index in [2.05, 4.69) is 5.32 Å². The molecule has 2 aliphatic heterocycles. The molecular formula is C23H22ClN3O4. The summed E-state index contributed by atoms with van der Waals surface area (Å²) in [6.45, 7) is 1.11. The fraction of sp³-hybridized carbons (Fsp3) is 0.304. The molecule has 0 atom stereocenters. The highest BCUT2D eigenvalue weighted by Crippen LogP contribution is 2.23. The van der Waals surface area contributed by atoms with Crippen LogP contribution in [-0.4, -0.2) is 59.1 Å². The molecule has 4 amide bonds. The lowest BCUT2D eigenvalue weighted by Gasteiger charge is -2.32. The molecule has 2 aromatic carbocycles. The van der Waals surface area contributed by atoms with Crippen molar-refractivity contribution in [3.8, 4) is 0 Å². The van der Waals surface area contributed by atoms with Crippen molar-refractivity contribution in [2.45, 2.75) is 25.3 Å². The molecule has 7 nitrogen and oxygen atoms in total. The van der Waals surface area contributed by atoms with Crippen LogP contribution in [0.1, 0.15) is 50.3 Å². The third-order valence-electron chi connectivity index (χ3n) is 5.72. The number of benzene rings is 2. The highest BCUT2D eigenvalue weighted by Gasteiger charge is 2.35. The van der Waals surface area contributed by atoms with Crippen LogP contribution in [-0.2, 0) is 4.79 Å². The fourth-order valence-electron chi connectivity index (χ4n) is 3.95. The zero-order chi connectivity index (χ0) is 22.0. The van der Waals surface area contributed by atoms with Crippen molar-refractivity contribution < 1.29 is 19.2 Å². The first-order valence-corrected chi connectivity index (χ1v) is 10.6. The van der Waals surface area contributed by atoms with Gasteiger partial charge in [0.25, 0.3) is 17.7 Å². The van der Waals surface area contributed by atoms with E-state index in [-0.39, 0.29) is 42.6 Å². The van der Waals surface area contributed by atoms with Crippen molar-refractivity contribution in [3.63, 3.8) is 0 Å². The van der Waals surface area contributed by atoms with E-state index in [0.29, 0.717) is 47.6 Å². The Morgan fingerprint density at radius 3 is 2.10 bits per heavy atom. The number of likely N-dealkylation sites (tertiary alicyclic amines) is 1. The summed E-state index contributed by atoms with van der Waals surface area (Å²) in [4.78, 5) is 52.6. The van der Waals surface area contributed by atoms with Crippen LogP contribution in [0.15, 0.2) is 48.5 Å². The quantitative estimate of drug-likeness (QED) is 0.726. The van der Waals surface area contributed by atoms with Crippen molar-refractivity contribution in [2.24, 2.45) is 0 Å². The number of piperidine rings is 1. The average Bonchev–Trinajstić information content (AvgIpc) is 3.03. The van der Waals surface area contributed by atoms with Gasteiger partial charge in [0.2, 0.25) is 5.91 Å². The van der Waals surface area contributed by atoms with Crippen LogP contribution < -0.4 is 5.32 Å². The molecule has 0 spiro atoms. The molecular weight excluding hydrogens is 418 g/mol. The summed E-state index contributed by atoms with van der Waals surface area (Å²) in [7, 11) is 0. The maximum atomic E-state index is 12.6. The first-order valence-electron chi connectivity index (χ1n) is 10.2. The highest BCUT2D eigenvalue weighted by molar-refractivity contribution is 6.30. The molecule has 1 saturated heterocycles. The second-order valence-electron chi connectivity index (χ2n) is 7.69. The highest BCUT2D eigenvalue weighted by atomic mass is 35.5. The van der Waals surface area contributed by atoms with E-state index >= 15 is 0 Å². The molecule has 0 radical (unpaired) electrons. The van der Waals surface area contributed by atoms with Gasteiger partial charge in [-0.15, -0.1) is 0 Å². The lowest BCUT2D eigenvalue weighted by atomic mass is 10.0. The summed E-state index contributed by atoms with van der Waals surface area (Å²) in [6, 6.07) is 13.4. The third-order valence-corrected chi connectivity index (χ3v) is 5.97. The SMILES string of the molecule is O=C(NC1CCN(C(=O)CCN2C(=O)c3ccccc3C2=O)CC1)c1ccc(Cl)cc1. The number of amides is 4. The first kappa shape index (κ1) is 21.1. The first-order chi connectivity index (χ1) is 14.9. The Balaban J connectivity index is 1.24. The average molecular weight is 440 g/mol. The summed E-state index contributed by atoms with van der Waals surface area (Å²) in [6.07, 6.45) is 1.39. The molecule has 0 aliphatic carbocycles. The largest absolute Gasteiger partial charge is 0.349 e. The Labute approximate surface area is 185 Å². The zero-order valence-electron chi connectivity index (χ0n) is 16.8. The minimum atomic E-state index is -0.350. The van der Waals surface area contributed by atoms with Crippen LogP contribution >= 0.6 is 11.6 Å². The van der Waals surface area contributed by atoms with Crippen LogP contribution in [0.2, 0.25) is 5.02 Å². The number of imide groups is 1. The molecule has 0 bridgehead atoms. The molecule has 0 saturated carbocycles. The maximum Gasteiger partial charge on any atom is 0.261 e. The van der Waals surface area contributed by atoms with Gasteiger partial charge in [-0.05, 0) is 49.2 Å². The van der Waals surface area contributed by atoms with Gasteiger partial charge in [-0.25, -0.2) is 0 Å². The fourth-order valence-corrected chi connectivity index (χ4v) is 4.08. The molecule has 1 fully saturated rings. The number of hydrogen-bond acceptors (Lipinski definition) is 4. The molecule has 0 unspecified atom stereocenters. The normalized spacial score (nSPS) is 16.4. The van der Waals surface area contributed by atoms with E-state index in [1.807, 2.05) is 0 Å². The van der Waals surface area contributed by atoms with Gasteiger partial charge in [0, 0.05) is 42.7 Å². The smallest absolute Gasteiger partial charge is 0.261 e. The number of carbonyl (C=O) groups excluding carboxylic acids is 4. The number of fused-ring (bicyclic) bond motifs is 1. The minimum absolute atomic E-state index is 0.0107. The van der Waals surface area contributed by atoms with E-state index < -0.39 is 0 Å². The molecule has 0 aromatic heterocycles. The Bertz CT molecular complexity index is 994. The number of nitrogens with one attached hydrogen (secondary N) is 1. The van der Waals surface area contributed by atoms with E-state index in [1.165, 1.54) is 0 Å². The predicted octanol–water partition coefficient (Wildman–Crippen LogP) is 2.75. The lowest BCUT2D eigenvalue weighted by Crippen LogP contribution is -2.47. The van der Waals surface area contributed by atoms with E-state index in [1.54, 1.807) is 53.4 Å².